The number of pyridine rings is 1. The van der Waals surface area contributed by atoms with E-state index >= 15 is 0 Å². The fourth-order valence-electron chi connectivity index (χ4n) is 4.93. The average Bonchev–Trinajstić information content (AvgIpc) is 3.57. The van der Waals surface area contributed by atoms with Gasteiger partial charge in [-0.1, -0.05) is 36.4 Å². The first-order chi connectivity index (χ1) is 16.1. The predicted octanol–water partition coefficient (Wildman–Crippen LogP) is 5.48. The van der Waals surface area contributed by atoms with E-state index in [-0.39, 0.29) is 5.92 Å². The van der Waals surface area contributed by atoms with Gasteiger partial charge in [-0.3, -0.25) is 4.90 Å². The number of rotatable bonds is 5. The van der Waals surface area contributed by atoms with E-state index in [0.29, 0.717) is 10.5 Å². The lowest BCUT2D eigenvalue weighted by molar-refractivity contribution is 0.327. The Bertz CT molecular complexity index is 1550. The Hall–Kier alpha value is -3.00. The van der Waals surface area contributed by atoms with Crippen molar-refractivity contribution in [3.8, 4) is 0 Å². The molecule has 0 N–H and O–H groups in total. The first kappa shape index (κ1) is 20.6. The molecule has 0 spiro atoms. The Balaban J connectivity index is 1.39. The quantitative estimate of drug-likeness (QED) is 0.339. The standard InChI is InChI=1S/C26H23N3O2S2/c30-33(31,25-10-4-9-24-22(25)12-15-32-24)29-18-23(21-8-5-13-27-26(21)29)20-11-14-28(17-20)16-19-6-2-1-3-7-19/h1-10,12-13,15,18,20H,11,14,16-17H2. The molecule has 7 heteroatoms. The van der Waals surface area contributed by atoms with Crippen molar-refractivity contribution in [3.05, 3.63) is 95.6 Å². The van der Waals surface area contributed by atoms with Crippen LogP contribution in [0.3, 0.4) is 0 Å². The number of nitrogens with zero attached hydrogens (tertiary/aromatic N) is 3. The van der Waals surface area contributed by atoms with Crippen molar-refractivity contribution in [1.29, 1.82) is 0 Å². The lowest BCUT2D eigenvalue weighted by Gasteiger charge is -2.16. The Labute approximate surface area is 197 Å². The second-order valence-corrected chi connectivity index (χ2v) is 11.3. The third-order valence-electron chi connectivity index (χ3n) is 6.52. The van der Waals surface area contributed by atoms with Crippen LogP contribution in [0.1, 0.15) is 23.5 Å². The van der Waals surface area contributed by atoms with Crippen LogP contribution in [0.5, 0.6) is 0 Å². The summed E-state index contributed by atoms with van der Waals surface area (Å²) in [4.78, 5) is 7.26. The van der Waals surface area contributed by atoms with Gasteiger partial charge in [0.05, 0.1) is 4.90 Å². The lowest BCUT2D eigenvalue weighted by atomic mass is 9.99. The molecule has 0 radical (unpaired) electrons. The van der Waals surface area contributed by atoms with Crippen molar-refractivity contribution in [1.82, 2.24) is 13.9 Å². The molecule has 5 nitrogen and oxygen atoms in total. The number of hydrogen-bond acceptors (Lipinski definition) is 5. The third kappa shape index (κ3) is 3.57. The summed E-state index contributed by atoms with van der Waals surface area (Å²) < 4.78 is 30.0. The van der Waals surface area contributed by atoms with E-state index in [2.05, 4.69) is 34.1 Å². The Morgan fingerprint density at radius 3 is 2.73 bits per heavy atom. The van der Waals surface area contributed by atoms with E-state index < -0.39 is 10.0 Å². The zero-order chi connectivity index (χ0) is 22.4. The van der Waals surface area contributed by atoms with E-state index in [0.717, 1.165) is 47.1 Å². The fraction of sp³-hybridized carbons (Fsp3) is 0.192. The van der Waals surface area contributed by atoms with E-state index in [9.17, 15) is 8.42 Å². The highest BCUT2D eigenvalue weighted by Gasteiger charge is 2.30. The Kier molecular flexibility index (Phi) is 5.05. The lowest BCUT2D eigenvalue weighted by Crippen LogP contribution is -2.19. The maximum atomic E-state index is 13.8. The summed E-state index contributed by atoms with van der Waals surface area (Å²) in [7, 11) is -3.79. The maximum absolute atomic E-state index is 13.8. The maximum Gasteiger partial charge on any atom is 0.270 e. The molecule has 1 fully saturated rings. The molecule has 33 heavy (non-hydrogen) atoms. The summed E-state index contributed by atoms with van der Waals surface area (Å²) in [5.41, 5.74) is 2.87. The van der Waals surface area contributed by atoms with Crippen LogP contribution in [-0.4, -0.2) is 35.4 Å². The first-order valence-corrected chi connectivity index (χ1v) is 13.4. The van der Waals surface area contributed by atoms with Gasteiger partial charge in [0.1, 0.15) is 0 Å². The largest absolute Gasteiger partial charge is 0.298 e. The van der Waals surface area contributed by atoms with Gasteiger partial charge < -0.3 is 0 Å². The van der Waals surface area contributed by atoms with Crippen LogP contribution in [0.15, 0.2) is 89.4 Å². The molecule has 166 valence electrons. The highest BCUT2D eigenvalue weighted by molar-refractivity contribution is 7.90. The molecule has 2 aromatic carbocycles. The minimum atomic E-state index is -3.79. The zero-order valence-electron chi connectivity index (χ0n) is 18.0. The molecule has 1 unspecified atom stereocenters. The number of aromatic nitrogens is 2. The first-order valence-electron chi connectivity index (χ1n) is 11.1. The molecule has 5 aromatic rings. The molecule has 6 rings (SSSR count). The fourth-order valence-corrected chi connectivity index (χ4v) is 7.35. The molecule has 1 aliphatic rings. The Morgan fingerprint density at radius 1 is 0.970 bits per heavy atom. The van der Waals surface area contributed by atoms with Gasteiger partial charge in [-0.15, -0.1) is 11.3 Å². The molecule has 1 atom stereocenters. The van der Waals surface area contributed by atoms with Crippen LogP contribution in [-0.2, 0) is 16.6 Å². The van der Waals surface area contributed by atoms with Gasteiger partial charge in [0.25, 0.3) is 10.0 Å². The molecule has 0 bridgehead atoms. The highest BCUT2D eigenvalue weighted by atomic mass is 32.2. The summed E-state index contributed by atoms with van der Waals surface area (Å²) in [6.45, 7) is 2.81. The second kappa shape index (κ2) is 8.09. The van der Waals surface area contributed by atoms with Crippen LogP contribution in [0, 0.1) is 0 Å². The van der Waals surface area contributed by atoms with Gasteiger partial charge in [-0.2, -0.15) is 0 Å². The van der Waals surface area contributed by atoms with Crippen molar-refractivity contribution >= 4 is 42.5 Å². The van der Waals surface area contributed by atoms with Crippen LogP contribution in [0.25, 0.3) is 21.1 Å². The van der Waals surface area contributed by atoms with E-state index in [1.807, 2.05) is 48.0 Å². The number of thiophene rings is 1. The molecule has 0 amide bonds. The van der Waals surface area contributed by atoms with Crippen molar-refractivity contribution in [2.24, 2.45) is 0 Å². The summed E-state index contributed by atoms with van der Waals surface area (Å²) in [6, 6.07) is 21.7. The monoisotopic (exact) mass is 473 g/mol. The molecule has 3 aromatic heterocycles. The summed E-state index contributed by atoms with van der Waals surface area (Å²) in [5.74, 6) is 0.272. The van der Waals surface area contributed by atoms with E-state index in [4.69, 9.17) is 0 Å². The minimum absolute atomic E-state index is 0.272. The zero-order valence-corrected chi connectivity index (χ0v) is 19.6. The summed E-state index contributed by atoms with van der Waals surface area (Å²) in [5, 5.41) is 3.61. The van der Waals surface area contributed by atoms with E-state index in [1.165, 1.54) is 9.54 Å². The molecule has 1 saturated heterocycles. The second-order valence-electron chi connectivity index (χ2n) is 8.55. The molecular formula is C26H23N3O2S2. The third-order valence-corrected chi connectivity index (χ3v) is 9.11. The van der Waals surface area contributed by atoms with Crippen molar-refractivity contribution in [2.75, 3.05) is 13.1 Å². The van der Waals surface area contributed by atoms with Gasteiger partial charge in [0.15, 0.2) is 5.65 Å². The van der Waals surface area contributed by atoms with Gasteiger partial charge in [-0.05, 0) is 59.8 Å². The topological polar surface area (TPSA) is 55.2 Å². The molecule has 1 aliphatic heterocycles. The smallest absolute Gasteiger partial charge is 0.270 e. The van der Waals surface area contributed by atoms with Crippen LogP contribution >= 0.6 is 11.3 Å². The Morgan fingerprint density at radius 2 is 1.85 bits per heavy atom. The van der Waals surface area contributed by atoms with E-state index in [1.54, 1.807) is 23.6 Å². The molecular weight excluding hydrogens is 450 g/mol. The van der Waals surface area contributed by atoms with Crippen LogP contribution < -0.4 is 0 Å². The normalized spacial score (nSPS) is 17.3. The molecule has 0 aliphatic carbocycles. The summed E-state index contributed by atoms with van der Waals surface area (Å²) in [6.07, 6.45) is 4.48. The minimum Gasteiger partial charge on any atom is -0.298 e. The number of fused-ring (bicyclic) bond motifs is 2. The van der Waals surface area contributed by atoms with Gasteiger partial charge in [0.2, 0.25) is 0 Å². The van der Waals surface area contributed by atoms with Crippen molar-refractivity contribution < 1.29 is 8.42 Å². The highest BCUT2D eigenvalue weighted by Crippen LogP contribution is 2.36. The number of benzene rings is 2. The van der Waals surface area contributed by atoms with Crippen LogP contribution in [0.4, 0.5) is 0 Å². The number of hydrogen-bond donors (Lipinski definition) is 0. The van der Waals surface area contributed by atoms with Crippen LogP contribution in [0.2, 0.25) is 0 Å². The average molecular weight is 474 g/mol. The van der Waals surface area contributed by atoms with Crippen molar-refractivity contribution in [2.45, 2.75) is 23.8 Å². The van der Waals surface area contributed by atoms with Crippen molar-refractivity contribution in [3.63, 3.8) is 0 Å². The molecule has 0 saturated carbocycles. The number of likely N-dealkylation sites (tertiary alicyclic amines) is 1. The molecule has 4 heterocycles. The predicted molar refractivity (Wildman–Crippen MR) is 133 cm³/mol. The van der Waals surface area contributed by atoms with Gasteiger partial charge >= 0.3 is 0 Å². The summed E-state index contributed by atoms with van der Waals surface area (Å²) >= 11 is 1.55. The SMILES string of the molecule is O=S(=O)(c1cccc2sccc12)n1cc(C2CCN(Cc3ccccc3)C2)c2cccnc21. The van der Waals surface area contributed by atoms with Gasteiger partial charge in [-0.25, -0.2) is 17.4 Å². The van der Waals surface area contributed by atoms with Gasteiger partial charge in [0, 0.05) is 46.9 Å².